The van der Waals surface area contributed by atoms with Crippen LogP contribution in [0.5, 0.6) is 0 Å². The van der Waals surface area contributed by atoms with Crippen molar-refractivity contribution in [2.75, 3.05) is 0 Å². The summed E-state index contributed by atoms with van der Waals surface area (Å²) < 4.78 is 0. The fourth-order valence-electron chi connectivity index (χ4n) is 0.611. The molecule has 64 valence electrons. The van der Waals surface area contributed by atoms with Crippen molar-refractivity contribution in [3.63, 3.8) is 0 Å². The van der Waals surface area contributed by atoms with E-state index in [1.807, 2.05) is 0 Å². The van der Waals surface area contributed by atoms with Gasteiger partial charge in [-0.05, 0) is 11.4 Å². The van der Waals surface area contributed by atoms with E-state index in [2.05, 4.69) is 10.9 Å². The van der Waals surface area contributed by atoms with Crippen LogP contribution in [0.15, 0.2) is 16.8 Å². The largest absolute Gasteiger partial charge is 0.274 e. The molecule has 0 unspecified atom stereocenters. The van der Waals surface area contributed by atoms with Crippen molar-refractivity contribution in [1.29, 1.82) is 0 Å². The molecule has 4 nitrogen and oxygen atoms in total. The third kappa shape index (κ3) is 2.35. The van der Waals surface area contributed by atoms with Gasteiger partial charge >= 0.3 is 0 Å². The van der Waals surface area contributed by atoms with Gasteiger partial charge in [-0.2, -0.15) is 11.3 Å². The van der Waals surface area contributed by atoms with Crippen LogP contribution in [0.3, 0.4) is 0 Å². The molecule has 1 aromatic rings. The molecule has 0 fully saturated rings. The van der Waals surface area contributed by atoms with Gasteiger partial charge in [-0.3, -0.25) is 20.4 Å². The second-order valence-electron chi connectivity index (χ2n) is 2.15. The van der Waals surface area contributed by atoms with Crippen molar-refractivity contribution in [3.05, 3.63) is 22.4 Å². The molecule has 0 aliphatic heterocycles. The summed E-state index contributed by atoms with van der Waals surface area (Å²) in [5, 5.41) is 3.50. The number of hydrogen-bond acceptors (Lipinski definition) is 3. The van der Waals surface area contributed by atoms with Gasteiger partial charge < -0.3 is 0 Å². The third-order valence-corrected chi connectivity index (χ3v) is 1.82. The van der Waals surface area contributed by atoms with Crippen LogP contribution in [0.4, 0.5) is 0 Å². The van der Waals surface area contributed by atoms with Gasteiger partial charge in [-0.25, -0.2) is 0 Å². The van der Waals surface area contributed by atoms with Gasteiger partial charge in [0, 0.05) is 12.3 Å². The number of carbonyl (C=O) groups excluding carboxylic acids is 2. The van der Waals surface area contributed by atoms with E-state index in [0.717, 1.165) is 0 Å². The number of thiophene rings is 1. The Morgan fingerprint density at radius 3 is 2.67 bits per heavy atom. The lowest BCUT2D eigenvalue weighted by Crippen LogP contribution is -2.40. The maximum atomic E-state index is 11.1. The Hall–Kier alpha value is -1.36. The van der Waals surface area contributed by atoms with Gasteiger partial charge in [0.15, 0.2) is 0 Å². The minimum atomic E-state index is -0.300. The second-order valence-corrected chi connectivity index (χ2v) is 2.93. The summed E-state index contributed by atoms with van der Waals surface area (Å²) in [4.78, 5) is 21.5. The van der Waals surface area contributed by atoms with E-state index in [1.54, 1.807) is 16.8 Å². The zero-order valence-electron chi connectivity index (χ0n) is 6.46. The first kappa shape index (κ1) is 8.73. The Bertz CT molecular complexity index is 282. The molecule has 1 rings (SSSR count). The molecular formula is C7H8N2O2S. The van der Waals surface area contributed by atoms with Crippen LogP contribution in [0.25, 0.3) is 0 Å². The van der Waals surface area contributed by atoms with Crippen molar-refractivity contribution in [2.24, 2.45) is 0 Å². The Kier molecular flexibility index (Phi) is 2.82. The molecule has 0 radical (unpaired) electrons. The number of rotatable bonds is 1. The van der Waals surface area contributed by atoms with E-state index in [4.69, 9.17) is 0 Å². The molecular weight excluding hydrogens is 176 g/mol. The summed E-state index contributed by atoms with van der Waals surface area (Å²) in [5.41, 5.74) is 5.00. The van der Waals surface area contributed by atoms with Crippen LogP contribution < -0.4 is 10.9 Å². The van der Waals surface area contributed by atoms with Crippen molar-refractivity contribution in [1.82, 2.24) is 10.9 Å². The molecule has 0 aliphatic rings. The van der Waals surface area contributed by atoms with Gasteiger partial charge in [-0.15, -0.1) is 0 Å². The summed E-state index contributed by atoms with van der Waals surface area (Å²) in [6, 6.07) is 1.68. The fraction of sp³-hybridized carbons (Fsp3) is 0.143. The third-order valence-electron chi connectivity index (χ3n) is 1.14. The van der Waals surface area contributed by atoms with Crippen molar-refractivity contribution < 1.29 is 9.59 Å². The molecule has 2 amide bonds. The molecule has 0 spiro atoms. The summed E-state index contributed by atoms with van der Waals surface area (Å²) in [6.45, 7) is 1.33. The summed E-state index contributed by atoms with van der Waals surface area (Å²) in [7, 11) is 0. The predicted octanol–water partition coefficient (Wildman–Crippen LogP) is 0.529. The van der Waals surface area contributed by atoms with E-state index >= 15 is 0 Å². The smallest absolute Gasteiger partial charge is 0.270 e. The molecule has 1 heterocycles. The predicted molar refractivity (Wildman–Crippen MR) is 45.6 cm³/mol. The lowest BCUT2D eigenvalue weighted by molar-refractivity contribution is -0.119. The summed E-state index contributed by atoms with van der Waals surface area (Å²) in [6.07, 6.45) is 0. The van der Waals surface area contributed by atoms with E-state index in [9.17, 15) is 9.59 Å². The number of hydrogen-bond donors (Lipinski definition) is 2. The Morgan fingerprint density at radius 1 is 1.42 bits per heavy atom. The highest BCUT2D eigenvalue weighted by atomic mass is 32.1. The molecule has 0 bridgehead atoms. The second kappa shape index (κ2) is 3.87. The highest BCUT2D eigenvalue weighted by molar-refractivity contribution is 7.08. The Morgan fingerprint density at radius 2 is 2.17 bits per heavy atom. The molecule has 0 atom stereocenters. The molecule has 0 saturated carbocycles. The van der Waals surface area contributed by atoms with Crippen LogP contribution in [0, 0.1) is 0 Å². The van der Waals surface area contributed by atoms with Crippen molar-refractivity contribution in [3.8, 4) is 0 Å². The lowest BCUT2D eigenvalue weighted by Gasteiger charge is -2.01. The molecule has 0 saturated heterocycles. The van der Waals surface area contributed by atoms with Gasteiger partial charge in [0.2, 0.25) is 5.91 Å². The van der Waals surface area contributed by atoms with E-state index in [0.29, 0.717) is 5.56 Å². The maximum absolute atomic E-state index is 11.1. The number of nitrogens with one attached hydrogen (secondary N) is 2. The first-order valence-electron chi connectivity index (χ1n) is 3.29. The fourth-order valence-corrected chi connectivity index (χ4v) is 1.25. The van der Waals surface area contributed by atoms with Gasteiger partial charge in [-0.1, -0.05) is 0 Å². The molecule has 0 aliphatic carbocycles. The number of carbonyl (C=O) groups is 2. The monoisotopic (exact) mass is 184 g/mol. The van der Waals surface area contributed by atoms with Crippen LogP contribution >= 0.6 is 11.3 Å². The Labute approximate surface area is 73.6 Å². The van der Waals surface area contributed by atoms with Crippen molar-refractivity contribution >= 4 is 23.2 Å². The molecule has 12 heavy (non-hydrogen) atoms. The first-order valence-corrected chi connectivity index (χ1v) is 4.23. The van der Waals surface area contributed by atoms with Gasteiger partial charge in [0.25, 0.3) is 5.91 Å². The standard InChI is InChI=1S/C7H8N2O2S/c1-5(10)8-9-7(11)6-2-3-12-4-6/h2-4H,1H3,(H,8,10)(H,9,11). The minimum absolute atomic E-state index is 0.293. The highest BCUT2D eigenvalue weighted by Gasteiger charge is 2.04. The van der Waals surface area contributed by atoms with Crippen LogP contribution in [0.2, 0.25) is 0 Å². The van der Waals surface area contributed by atoms with E-state index < -0.39 is 0 Å². The summed E-state index contributed by atoms with van der Waals surface area (Å²) >= 11 is 1.43. The van der Waals surface area contributed by atoms with Gasteiger partial charge in [0.1, 0.15) is 0 Å². The van der Waals surface area contributed by atoms with Crippen molar-refractivity contribution in [2.45, 2.75) is 6.92 Å². The number of hydrazine groups is 1. The normalized spacial score (nSPS) is 9.08. The zero-order chi connectivity index (χ0) is 8.97. The highest BCUT2D eigenvalue weighted by Crippen LogP contribution is 2.04. The average molecular weight is 184 g/mol. The summed E-state index contributed by atoms with van der Waals surface area (Å²) in [5.74, 6) is -0.593. The lowest BCUT2D eigenvalue weighted by atomic mass is 10.3. The maximum Gasteiger partial charge on any atom is 0.270 e. The molecule has 0 aromatic carbocycles. The van der Waals surface area contributed by atoms with E-state index in [1.165, 1.54) is 18.3 Å². The number of amides is 2. The van der Waals surface area contributed by atoms with Gasteiger partial charge in [0.05, 0.1) is 5.56 Å². The van der Waals surface area contributed by atoms with Crippen LogP contribution in [0.1, 0.15) is 17.3 Å². The molecule has 5 heteroatoms. The Balaban J connectivity index is 2.45. The zero-order valence-corrected chi connectivity index (χ0v) is 7.27. The minimum Gasteiger partial charge on any atom is -0.274 e. The first-order chi connectivity index (χ1) is 5.70. The quantitative estimate of drug-likeness (QED) is 0.625. The SMILES string of the molecule is CC(=O)NNC(=O)c1ccsc1. The topological polar surface area (TPSA) is 58.2 Å². The molecule has 2 N–H and O–H groups in total. The van der Waals surface area contributed by atoms with Crippen LogP contribution in [-0.2, 0) is 4.79 Å². The van der Waals surface area contributed by atoms with Crippen LogP contribution in [-0.4, -0.2) is 11.8 Å². The average Bonchev–Trinajstić information content (AvgIpc) is 2.51. The van der Waals surface area contributed by atoms with E-state index in [-0.39, 0.29) is 11.8 Å². The molecule has 1 aromatic heterocycles.